The Balaban J connectivity index is 1.36. The second-order valence-electron chi connectivity index (χ2n) is 9.26. The molecule has 0 aliphatic carbocycles. The molecule has 1 amide bonds. The van der Waals surface area contributed by atoms with E-state index in [1.54, 1.807) is 30.3 Å². The van der Waals surface area contributed by atoms with Crippen LogP contribution in [0.3, 0.4) is 0 Å². The molecule has 4 rings (SSSR count). The molecule has 1 heterocycles. The highest BCUT2D eigenvalue weighted by Crippen LogP contribution is 2.24. The molecule has 190 valence electrons. The van der Waals surface area contributed by atoms with E-state index in [1.165, 1.54) is 43.0 Å². The van der Waals surface area contributed by atoms with Crippen LogP contribution in [-0.2, 0) is 29.7 Å². The van der Waals surface area contributed by atoms with E-state index in [0.717, 1.165) is 35.8 Å². The minimum Gasteiger partial charge on any atom is -0.348 e. The Morgan fingerprint density at radius 2 is 1.61 bits per heavy atom. The van der Waals surface area contributed by atoms with E-state index in [4.69, 9.17) is 0 Å². The molecular weight excluding hydrogens is 477 g/mol. The maximum Gasteiger partial charge on any atom is 0.251 e. The van der Waals surface area contributed by atoms with Gasteiger partial charge in [0.05, 0.1) is 18.5 Å². The molecule has 1 aliphatic heterocycles. The molecule has 0 radical (unpaired) electrons. The number of rotatable bonds is 9. The number of likely N-dealkylation sites (tertiary alicyclic amines) is 1. The van der Waals surface area contributed by atoms with Gasteiger partial charge in [0.2, 0.25) is 10.0 Å². The third-order valence-electron chi connectivity index (χ3n) is 6.36. The van der Waals surface area contributed by atoms with Crippen molar-refractivity contribution >= 4 is 21.6 Å². The van der Waals surface area contributed by atoms with Gasteiger partial charge in [0, 0.05) is 18.7 Å². The number of sulfonamides is 1. The summed E-state index contributed by atoms with van der Waals surface area (Å²) in [6.45, 7) is 3.59. The van der Waals surface area contributed by atoms with Gasteiger partial charge in [-0.2, -0.15) is 0 Å². The van der Waals surface area contributed by atoms with Crippen LogP contribution in [0.4, 0.5) is 10.1 Å². The molecule has 0 unspecified atom stereocenters. The van der Waals surface area contributed by atoms with Crippen LogP contribution in [-0.4, -0.2) is 38.6 Å². The van der Waals surface area contributed by atoms with Crippen molar-refractivity contribution in [3.8, 4) is 0 Å². The third-order valence-corrected chi connectivity index (χ3v) is 7.49. The fourth-order valence-electron chi connectivity index (χ4n) is 4.46. The van der Waals surface area contributed by atoms with Gasteiger partial charge >= 0.3 is 0 Å². The zero-order chi connectivity index (χ0) is 25.5. The minimum absolute atomic E-state index is 0.00987. The molecule has 1 fully saturated rings. The minimum atomic E-state index is -3.71. The SMILES string of the molecule is CS(=O)(=O)N(Cc1ccc(C(=O)NCc2cccc(CN3CCCCC3)c2)cc1)c1ccccc1F. The van der Waals surface area contributed by atoms with Gasteiger partial charge in [0.1, 0.15) is 5.82 Å². The number of anilines is 1. The molecule has 6 nitrogen and oxygen atoms in total. The van der Waals surface area contributed by atoms with Crippen molar-refractivity contribution in [3.63, 3.8) is 0 Å². The largest absolute Gasteiger partial charge is 0.348 e. The van der Waals surface area contributed by atoms with Crippen molar-refractivity contribution in [2.24, 2.45) is 0 Å². The van der Waals surface area contributed by atoms with Crippen LogP contribution in [0.1, 0.15) is 46.3 Å². The van der Waals surface area contributed by atoms with Crippen molar-refractivity contribution in [2.75, 3.05) is 23.7 Å². The van der Waals surface area contributed by atoms with Crippen LogP contribution < -0.4 is 9.62 Å². The standard InChI is InChI=1S/C28H32FN3O3S/c1-36(34,35)32(27-11-4-3-10-26(27)29)21-22-12-14-25(15-13-22)28(33)30-19-23-8-7-9-24(18-23)20-31-16-5-2-6-17-31/h3-4,7-15,18H,2,5-6,16-17,19-21H2,1H3,(H,30,33). The van der Waals surface area contributed by atoms with Gasteiger partial charge in [0.15, 0.2) is 0 Å². The van der Waals surface area contributed by atoms with Crippen molar-refractivity contribution in [2.45, 2.75) is 38.9 Å². The normalized spacial score (nSPS) is 14.4. The third kappa shape index (κ3) is 6.92. The summed E-state index contributed by atoms with van der Waals surface area (Å²) >= 11 is 0. The van der Waals surface area contributed by atoms with Crippen LogP contribution in [0.5, 0.6) is 0 Å². The lowest BCUT2D eigenvalue weighted by Crippen LogP contribution is -2.30. The number of hydrogen-bond donors (Lipinski definition) is 1. The van der Waals surface area contributed by atoms with Gasteiger partial charge in [-0.1, -0.05) is 55.0 Å². The lowest BCUT2D eigenvalue weighted by atomic mass is 10.1. The first-order chi connectivity index (χ1) is 17.3. The van der Waals surface area contributed by atoms with E-state index in [9.17, 15) is 17.6 Å². The van der Waals surface area contributed by atoms with E-state index in [1.807, 2.05) is 12.1 Å². The Hall–Kier alpha value is -3.23. The number of piperidine rings is 1. The average molecular weight is 510 g/mol. The Bertz CT molecular complexity index is 1290. The molecule has 3 aromatic carbocycles. The van der Waals surface area contributed by atoms with Crippen molar-refractivity contribution < 1.29 is 17.6 Å². The molecule has 3 aromatic rings. The predicted octanol–water partition coefficient (Wildman–Crippen LogP) is 4.71. The lowest BCUT2D eigenvalue weighted by molar-refractivity contribution is 0.0951. The first-order valence-corrected chi connectivity index (χ1v) is 14.0. The molecule has 0 atom stereocenters. The summed E-state index contributed by atoms with van der Waals surface area (Å²) in [5.74, 6) is -0.823. The lowest BCUT2D eigenvalue weighted by Gasteiger charge is -2.26. The smallest absolute Gasteiger partial charge is 0.251 e. The highest BCUT2D eigenvalue weighted by atomic mass is 32.2. The number of nitrogens with zero attached hydrogens (tertiary/aromatic N) is 2. The molecule has 8 heteroatoms. The summed E-state index contributed by atoms with van der Waals surface area (Å²) in [6.07, 6.45) is 4.86. The summed E-state index contributed by atoms with van der Waals surface area (Å²) in [4.78, 5) is 15.2. The van der Waals surface area contributed by atoms with Crippen LogP contribution in [0.15, 0.2) is 72.8 Å². The Morgan fingerprint density at radius 1 is 0.917 bits per heavy atom. The second-order valence-corrected chi connectivity index (χ2v) is 11.2. The number of para-hydroxylation sites is 1. The van der Waals surface area contributed by atoms with Gasteiger partial charge in [-0.05, 0) is 66.9 Å². The summed E-state index contributed by atoms with van der Waals surface area (Å²) in [7, 11) is -3.71. The number of halogens is 1. The molecule has 0 spiro atoms. The molecule has 0 bridgehead atoms. The number of carbonyl (C=O) groups excluding carboxylic acids is 1. The van der Waals surface area contributed by atoms with Crippen LogP contribution in [0.2, 0.25) is 0 Å². The molecule has 36 heavy (non-hydrogen) atoms. The monoisotopic (exact) mass is 509 g/mol. The van der Waals surface area contributed by atoms with Gasteiger partial charge in [-0.25, -0.2) is 12.8 Å². The van der Waals surface area contributed by atoms with E-state index < -0.39 is 15.8 Å². The highest BCUT2D eigenvalue weighted by Gasteiger charge is 2.21. The summed E-state index contributed by atoms with van der Waals surface area (Å²) in [6, 6.07) is 20.7. The maximum atomic E-state index is 14.2. The van der Waals surface area contributed by atoms with Crippen molar-refractivity contribution in [1.82, 2.24) is 10.2 Å². The fraction of sp³-hybridized carbons (Fsp3) is 0.321. The Labute approximate surface area is 212 Å². The maximum absolute atomic E-state index is 14.2. The molecule has 1 aliphatic rings. The first-order valence-electron chi connectivity index (χ1n) is 12.2. The first kappa shape index (κ1) is 25.9. The van der Waals surface area contributed by atoms with E-state index in [-0.39, 0.29) is 18.1 Å². The predicted molar refractivity (Wildman–Crippen MR) is 141 cm³/mol. The quantitative estimate of drug-likeness (QED) is 0.454. The van der Waals surface area contributed by atoms with E-state index in [0.29, 0.717) is 17.7 Å². The highest BCUT2D eigenvalue weighted by molar-refractivity contribution is 7.92. The van der Waals surface area contributed by atoms with Crippen molar-refractivity contribution in [1.29, 1.82) is 0 Å². The Morgan fingerprint density at radius 3 is 2.31 bits per heavy atom. The van der Waals surface area contributed by atoms with E-state index in [2.05, 4.69) is 22.3 Å². The molecule has 0 saturated carbocycles. The van der Waals surface area contributed by atoms with Crippen LogP contribution in [0, 0.1) is 5.82 Å². The van der Waals surface area contributed by atoms with Crippen LogP contribution in [0.25, 0.3) is 0 Å². The zero-order valence-corrected chi connectivity index (χ0v) is 21.3. The number of hydrogen-bond acceptors (Lipinski definition) is 4. The van der Waals surface area contributed by atoms with Crippen molar-refractivity contribution in [3.05, 3.63) is 101 Å². The van der Waals surface area contributed by atoms with Crippen LogP contribution >= 0.6 is 0 Å². The zero-order valence-electron chi connectivity index (χ0n) is 20.5. The van der Waals surface area contributed by atoms with Gasteiger partial charge in [-0.15, -0.1) is 0 Å². The number of nitrogens with one attached hydrogen (secondary N) is 1. The number of carbonyl (C=O) groups is 1. The molecule has 0 aromatic heterocycles. The van der Waals surface area contributed by atoms with Gasteiger partial charge < -0.3 is 5.32 Å². The molecule has 1 N–H and O–H groups in total. The Kier molecular flexibility index (Phi) is 8.38. The fourth-order valence-corrected chi connectivity index (χ4v) is 5.35. The second kappa shape index (κ2) is 11.7. The number of amides is 1. The average Bonchev–Trinajstić information content (AvgIpc) is 2.87. The van der Waals surface area contributed by atoms with Gasteiger partial charge in [0.25, 0.3) is 5.91 Å². The van der Waals surface area contributed by atoms with E-state index >= 15 is 0 Å². The molecular formula is C28H32FN3O3S. The summed E-state index contributed by atoms with van der Waals surface area (Å²) < 4.78 is 39.9. The summed E-state index contributed by atoms with van der Waals surface area (Å²) in [5.41, 5.74) is 3.40. The van der Waals surface area contributed by atoms with Gasteiger partial charge in [-0.3, -0.25) is 14.0 Å². The molecule has 1 saturated heterocycles. The number of benzene rings is 3. The summed E-state index contributed by atoms with van der Waals surface area (Å²) in [5, 5.41) is 2.96. The topological polar surface area (TPSA) is 69.7 Å².